The van der Waals surface area contributed by atoms with Gasteiger partial charge in [-0.2, -0.15) is 0 Å². The van der Waals surface area contributed by atoms with Gasteiger partial charge >= 0.3 is 5.97 Å². The Hall–Kier alpha value is -3.33. The molecular weight excluding hydrogens is 442 g/mol. The molecule has 33 heavy (non-hydrogen) atoms. The van der Waals surface area contributed by atoms with Crippen LogP contribution < -0.4 is 10.2 Å². The van der Waals surface area contributed by atoms with Gasteiger partial charge in [0.15, 0.2) is 6.61 Å². The van der Waals surface area contributed by atoms with Crippen LogP contribution in [-0.2, 0) is 19.1 Å². The van der Waals surface area contributed by atoms with E-state index in [-0.39, 0.29) is 24.7 Å². The number of anilines is 1. The van der Waals surface area contributed by atoms with Crippen LogP contribution >= 0.6 is 11.8 Å². The van der Waals surface area contributed by atoms with Gasteiger partial charge in [0.1, 0.15) is 0 Å². The fraction of sp³-hybridized carbons (Fsp3) is 0.333. The van der Waals surface area contributed by atoms with Crippen molar-refractivity contribution in [2.75, 3.05) is 30.9 Å². The molecule has 172 valence electrons. The molecule has 2 aliphatic heterocycles. The molecule has 1 atom stereocenters. The number of carbonyl (C=O) groups is 4. The number of thioether (sulfide) groups is 1. The molecule has 2 aromatic carbocycles. The molecule has 0 saturated carbocycles. The molecule has 1 unspecified atom stereocenters. The zero-order valence-electron chi connectivity index (χ0n) is 18.3. The Balaban J connectivity index is 1.33. The molecule has 2 aliphatic rings. The number of para-hydroxylation sites is 1. The highest BCUT2D eigenvalue weighted by molar-refractivity contribution is 7.99. The summed E-state index contributed by atoms with van der Waals surface area (Å²) in [7, 11) is 1.48. The lowest BCUT2D eigenvalue weighted by atomic mass is 9.97. The summed E-state index contributed by atoms with van der Waals surface area (Å²) in [4.78, 5) is 54.7. The van der Waals surface area contributed by atoms with Crippen LogP contribution in [0.4, 0.5) is 5.69 Å². The minimum Gasteiger partial charge on any atom is -0.452 e. The van der Waals surface area contributed by atoms with Crippen LogP contribution in [0.3, 0.4) is 0 Å². The number of benzene rings is 2. The number of nitrogens with one attached hydrogen (secondary N) is 1. The first-order valence-electron chi connectivity index (χ1n) is 10.8. The number of ether oxygens (including phenoxy) is 1. The summed E-state index contributed by atoms with van der Waals surface area (Å²) in [5.74, 6) is -0.997. The van der Waals surface area contributed by atoms with Crippen molar-refractivity contribution in [3.63, 3.8) is 0 Å². The number of nitrogens with zero attached hydrogens (tertiary/aromatic N) is 2. The number of amides is 3. The minimum atomic E-state index is -1.57. The zero-order chi connectivity index (χ0) is 23.4. The first-order chi connectivity index (χ1) is 15.9. The summed E-state index contributed by atoms with van der Waals surface area (Å²) in [6.45, 7) is -0.0180. The lowest BCUT2D eigenvalue weighted by Crippen LogP contribution is -2.67. The van der Waals surface area contributed by atoms with Gasteiger partial charge in [-0.3, -0.25) is 19.3 Å². The highest BCUT2D eigenvalue weighted by Crippen LogP contribution is 2.44. The van der Waals surface area contributed by atoms with E-state index in [4.69, 9.17) is 4.74 Å². The molecule has 1 N–H and O–H groups in total. The molecule has 0 spiro atoms. The maximum atomic E-state index is 13.2. The fourth-order valence-corrected chi connectivity index (χ4v) is 5.07. The second-order valence-electron chi connectivity index (χ2n) is 7.87. The van der Waals surface area contributed by atoms with Gasteiger partial charge in [0.2, 0.25) is 11.6 Å². The third kappa shape index (κ3) is 4.32. The summed E-state index contributed by atoms with van der Waals surface area (Å²) in [6, 6.07) is 16.7. The lowest BCUT2D eigenvalue weighted by molar-refractivity contribution is -0.159. The Kier molecular flexibility index (Phi) is 6.69. The van der Waals surface area contributed by atoms with Crippen LogP contribution in [0.25, 0.3) is 0 Å². The fourth-order valence-electron chi connectivity index (χ4n) is 4.20. The van der Waals surface area contributed by atoms with Gasteiger partial charge in [0.05, 0.1) is 11.3 Å². The van der Waals surface area contributed by atoms with Crippen molar-refractivity contribution in [2.45, 2.75) is 29.8 Å². The molecule has 1 saturated heterocycles. The number of rotatable bonds is 8. The van der Waals surface area contributed by atoms with E-state index in [2.05, 4.69) is 5.32 Å². The molecule has 0 bridgehead atoms. The molecule has 0 radical (unpaired) electrons. The Morgan fingerprint density at radius 2 is 1.82 bits per heavy atom. The Labute approximate surface area is 196 Å². The van der Waals surface area contributed by atoms with Gasteiger partial charge in [-0.1, -0.05) is 30.3 Å². The minimum absolute atomic E-state index is 0.104. The molecule has 0 aromatic heterocycles. The molecule has 0 aliphatic carbocycles. The number of carbonyl (C=O) groups excluding carboxylic acids is 4. The number of esters is 1. The lowest BCUT2D eigenvalue weighted by Gasteiger charge is -2.46. The van der Waals surface area contributed by atoms with Gasteiger partial charge < -0.3 is 15.0 Å². The van der Waals surface area contributed by atoms with E-state index in [1.165, 1.54) is 21.7 Å². The Bertz CT molecular complexity index is 1080. The number of likely N-dealkylation sites (N-methyl/N-ethyl adjacent to an activating group) is 1. The number of hydrogen-bond acceptors (Lipinski definition) is 6. The molecule has 8 nitrogen and oxygen atoms in total. The maximum absolute atomic E-state index is 13.2. The molecule has 2 heterocycles. The zero-order valence-corrected chi connectivity index (χ0v) is 19.1. The van der Waals surface area contributed by atoms with Crippen molar-refractivity contribution in [2.24, 2.45) is 0 Å². The van der Waals surface area contributed by atoms with E-state index in [0.29, 0.717) is 17.8 Å². The van der Waals surface area contributed by atoms with E-state index >= 15 is 0 Å². The first kappa shape index (κ1) is 22.8. The van der Waals surface area contributed by atoms with Gasteiger partial charge in [-0.05, 0) is 36.4 Å². The molecule has 1 fully saturated rings. The summed E-state index contributed by atoms with van der Waals surface area (Å²) in [5.41, 5.74) is -0.833. The van der Waals surface area contributed by atoms with Gasteiger partial charge in [0, 0.05) is 31.3 Å². The van der Waals surface area contributed by atoms with Crippen LogP contribution in [0.15, 0.2) is 59.5 Å². The van der Waals surface area contributed by atoms with Gasteiger partial charge in [-0.25, -0.2) is 4.79 Å². The second kappa shape index (κ2) is 9.66. The normalized spacial score (nSPS) is 19.2. The summed E-state index contributed by atoms with van der Waals surface area (Å²) in [6.07, 6.45) is 0.978. The molecule has 4 rings (SSSR count). The molecule has 3 amide bonds. The van der Waals surface area contributed by atoms with Crippen LogP contribution in [0.2, 0.25) is 0 Å². The standard InChI is InChI=1S/C24H25N3O5S/c1-26-22(30)18-10-5-6-11-19(18)27-21(29)12-13-24(26,27)23(31)32-16-20(28)25-14-7-15-33-17-8-3-2-4-9-17/h2-6,8-11H,7,12-16H2,1H3,(H,25,28). The highest BCUT2D eigenvalue weighted by atomic mass is 32.2. The number of hydrogen-bond donors (Lipinski definition) is 1. The van der Waals surface area contributed by atoms with Crippen molar-refractivity contribution in [3.05, 3.63) is 60.2 Å². The predicted octanol–water partition coefficient (Wildman–Crippen LogP) is 2.44. The quantitative estimate of drug-likeness (QED) is 0.364. The highest BCUT2D eigenvalue weighted by Gasteiger charge is 2.60. The Morgan fingerprint density at radius 1 is 1.09 bits per heavy atom. The van der Waals surface area contributed by atoms with Gasteiger partial charge in [-0.15, -0.1) is 11.8 Å². The summed E-state index contributed by atoms with van der Waals surface area (Å²) < 4.78 is 5.31. The summed E-state index contributed by atoms with van der Waals surface area (Å²) >= 11 is 1.70. The third-order valence-electron chi connectivity index (χ3n) is 5.86. The average molecular weight is 468 g/mol. The molecule has 9 heteroatoms. The monoisotopic (exact) mass is 467 g/mol. The van der Waals surface area contributed by atoms with Crippen molar-refractivity contribution in [1.29, 1.82) is 0 Å². The van der Waals surface area contributed by atoms with Crippen molar-refractivity contribution >= 4 is 41.1 Å². The van der Waals surface area contributed by atoms with Crippen LogP contribution in [0.1, 0.15) is 29.6 Å². The van der Waals surface area contributed by atoms with Crippen LogP contribution in [0.5, 0.6) is 0 Å². The predicted molar refractivity (Wildman–Crippen MR) is 124 cm³/mol. The molecular formula is C24H25N3O5S. The van der Waals surface area contributed by atoms with Crippen LogP contribution in [0, 0.1) is 0 Å². The smallest absolute Gasteiger partial charge is 0.354 e. The van der Waals surface area contributed by atoms with E-state index in [1.807, 2.05) is 30.3 Å². The van der Waals surface area contributed by atoms with E-state index in [1.54, 1.807) is 36.0 Å². The van der Waals surface area contributed by atoms with E-state index in [9.17, 15) is 19.2 Å². The van der Waals surface area contributed by atoms with Crippen LogP contribution in [-0.4, -0.2) is 60.2 Å². The second-order valence-corrected chi connectivity index (χ2v) is 9.04. The topological polar surface area (TPSA) is 96.0 Å². The third-order valence-corrected chi connectivity index (χ3v) is 6.96. The molecule has 2 aromatic rings. The van der Waals surface area contributed by atoms with Crippen molar-refractivity contribution < 1.29 is 23.9 Å². The Morgan fingerprint density at radius 3 is 2.61 bits per heavy atom. The largest absolute Gasteiger partial charge is 0.452 e. The van der Waals surface area contributed by atoms with Gasteiger partial charge in [0.25, 0.3) is 11.8 Å². The SMILES string of the molecule is CN1C(=O)c2ccccc2N2C(=O)CCC12C(=O)OCC(=O)NCCCSc1ccccc1. The average Bonchev–Trinajstić information content (AvgIpc) is 3.20. The van der Waals surface area contributed by atoms with Crippen molar-refractivity contribution in [3.8, 4) is 0 Å². The maximum Gasteiger partial charge on any atom is 0.354 e. The van der Waals surface area contributed by atoms with E-state index < -0.39 is 24.1 Å². The summed E-state index contributed by atoms with van der Waals surface area (Å²) in [5, 5.41) is 2.74. The van der Waals surface area contributed by atoms with E-state index in [0.717, 1.165) is 12.2 Å². The first-order valence-corrected chi connectivity index (χ1v) is 11.8. The number of fused-ring (bicyclic) bond motifs is 3. The van der Waals surface area contributed by atoms with Crippen molar-refractivity contribution in [1.82, 2.24) is 10.2 Å².